The van der Waals surface area contributed by atoms with Gasteiger partial charge in [0.05, 0.1) is 6.54 Å². The number of nitrogens with zero attached hydrogens (tertiary/aromatic N) is 1. The molecule has 2 rings (SSSR count). The Morgan fingerprint density at radius 1 is 1.56 bits per heavy atom. The van der Waals surface area contributed by atoms with Crippen LogP contribution in [-0.4, -0.2) is 25.1 Å². The van der Waals surface area contributed by atoms with Crippen LogP contribution < -0.4 is 16.4 Å². The van der Waals surface area contributed by atoms with Gasteiger partial charge in [-0.25, -0.2) is 0 Å². The van der Waals surface area contributed by atoms with Gasteiger partial charge in [0.15, 0.2) is 5.96 Å². The zero-order chi connectivity index (χ0) is 11.4. The maximum atomic E-state index is 5.89. The number of benzene rings is 1. The van der Waals surface area contributed by atoms with Gasteiger partial charge in [-0.3, -0.25) is 4.99 Å². The molecule has 0 aromatic heterocycles. The third-order valence-corrected chi connectivity index (χ3v) is 2.65. The molecule has 4 N–H and O–H groups in total. The molecule has 1 aromatic carbocycles. The molecule has 1 aliphatic rings. The second kappa shape index (κ2) is 5.18. The van der Waals surface area contributed by atoms with Gasteiger partial charge >= 0.3 is 0 Å². The lowest BCUT2D eigenvalue weighted by Crippen LogP contribution is -2.35. The first-order valence-corrected chi connectivity index (χ1v) is 5.69. The minimum atomic E-state index is 0.353. The van der Waals surface area contributed by atoms with Gasteiger partial charge in [0.25, 0.3) is 0 Å². The van der Waals surface area contributed by atoms with E-state index in [0.717, 1.165) is 24.6 Å². The second-order valence-corrected chi connectivity index (χ2v) is 4.18. The molecule has 86 valence electrons. The van der Waals surface area contributed by atoms with Crippen LogP contribution in [0.5, 0.6) is 0 Å². The van der Waals surface area contributed by atoms with Gasteiger partial charge in [-0.2, -0.15) is 0 Å². The molecule has 0 spiro atoms. The summed E-state index contributed by atoms with van der Waals surface area (Å²) in [5.41, 5.74) is 6.43. The molecule has 1 atom stereocenters. The van der Waals surface area contributed by atoms with E-state index < -0.39 is 0 Å². The fraction of sp³-hybridized carbons (Fsp3) is 0.364. The van der Waals surface area contributed by atoms with Crippen molar-refractivity contribution in [3.8, 4) is 0 Å². The zero-order valence-electron chi connectivity index (χ0n) is 8.91. The summed E-state index contributed by atoms with van der Waals surface area (Å²) in [6.45, 7) is 1.46. The highest BCUT2D eigenvalue weighted by Crippen LogP contribution is 2.15. The van der Waals surface area contributed by atoms with Crippen molar-refractivity contribution in [2.75, 3.05) is 18.4 Å². The molecule has 1 heterocycles. The normalized spacial score (nSPS) is 19.1. The SMILES string of the molecule is NCC[C@H]1CN=C(Nc2cccc(Cl)c2)N1. The second-order valence-electron chi connectivity index (χ2n) is 3.74. The average molecular weight is 239 g/mol. The quantitative estimate of drug-likeness (QED) is 0.747. The maximum absolute atomic E-state index is 5.89. The molecule has 0 aliphatic carbocycles. The van der Waals surface area contributed by atoms with Crippen molar-refractivity contribution in [1.29, 1.82) is 0 Å². The Morgan fingerprint density at radius 3 is 3.19 bits per heavy atom. The van der Waals surface area contributed by atoms with Crippen LogP contribution in [0.2, 0.25) is 5.02 Å². The number of rotatable bonds is 3. The number of halogens is 1. The van der Waals surface area contributed by atoms with Crippen molar-refractivity contribution in [3.63, 3.8) is 0 Å². The van der Waals surface area contributed by atoms with E-state index in [2.05, 4.69) is 15.6 Å². The third-order valence-electron chi connectivity index (χ3n) is 2.41. The van der Waals surface area contributed by atoms with E-state index in [-0.39, 0.29) is 0 Å². The van der Waals surface area contributed by atoms with Gasteiger partial charge in [0.1, 0.15) is 0 Å². The molecule has 0 saturated heterocycles. The summed E-state index contributed by atoms with van der Waals surface area (Å²) in [7, 11) is 0. The number of anilines is 1. The predicted octanol–water partition coefficient (Wildman–Crippen LogP) is 1.43. The van der Waals surface area contributed by atoms with Crippen LogP contribution in [0.4, 0.5) is 5.69 Å². The van der Waals surface area contributed by atoms with E-state index in [1.54, 1.807) is 0 Å². The van der Waals surface area contributed by atoms with Crippen LogP contribution >= 0.6 is 11.6 Å². The lowest BCUT2D eigenvalue weighted by Gasteiger charge is -2.11. The predicted molar refractivity (Wildman–Crippen MR) is 68.0 cm³/mol. The smallest absolute Gasteiger partial charge is 0.196 e. The molecule has 1 aliphatic heterocycles. The van der Waals surface area contributed by atoms with Gasteiger partial charge in [0, 0.05) is 16.8 Å². The van der Waals surface area contributed by atoms with Crippen molar-refractivity contribution < 1.29 is 0 Å². The summed E-state index contributed by atoms with van der Waals surface area (Å²) in [6, 6.07) is 7.91. The monoisotopic (exact) mass is 238 g/mol. The van der Waals surface area contributed by atoms with E-state index in [0.29, 0.717) is 17.6 Å². The first kappa shape index (κ1) is 11.2. The molecule has 16 heavy (non-hydrogen) atoms. The molecular weight excluding hydrogens is 224 g/mol. The lowest BCUT2D eigenvalue weighted by atomic mass is 10.2. The zero-order valence-corrected chi connectivity index (χ0v) is 9.67. The van der Waals surface area contributed by atoms with Crippen molar-refractivity contribution in [3.05, 3.63) is 29.3 Å². The third kappa shape index (κ3) is 2.87. The number of hydrogen-bond donors (Lipinski definition) is 3. The molecule has 0 unspecified atom stereocenters. The van der Waals surface area contributed by atoms with Crippen LogP contribution in [0.15, 0.2) is 29.3 Å². The van der Waals surface area contributed by atoms with E-state index in [1.807, 2.05) is 24.3 Å². The van der Waals surface area contributed by atoms with Gasteiger partial charge in [0.2, 0.25) is 0 Å². The molecular formula is C11H15ClN4. The fourth-order valence-corrected chi connectivity index (χ4v) is 1.82. The summed E-state index contributed by atoms with van der Waals surface area (Å²) >= 11 is 5.89. The van der Waals surface area contributed by atoms with Crippen LogP contribution in [0.1, 0.15) is 6.42 Å². The Hall–Kier alpha value is -1.26. The summed E-state index contributed by atoms with van der Waals surface area (Å²) in [5.74, 6) is 0.792. The highest BCUT2D eigenvalue weighted by atomic mass is 35.5. The largest absolute Gasteiger partial charge is 0.351 e. The van der Waals surface area contributed by atoms with Crippen molar-refractivity contribution in [2.24, 2.45) is 10.7 Å². The Bertz CT molecular complexity index is 391. The Morgan fingerprint density at radius 2 is 2.44 bits per heavy atom. The topological polar surface area (TPSA) is 62.4 Å². The Balaban J connectivity index is 1.92. The van der Waals surface area contributed by atoms with Crippen LogP contribution in [0.25, 0.3) is 0 Å². The standard InChI is InChI=1S/C11H15ClN4/c12-8-2-1-3-9(6-8)15-11-14-7-10(16-11)4-5-13/h1-3,6,10H,4-5,7,13H2,(H2,14,15,16)/t10-/m0/s1. The lowest BCUT2D eigenvalue weighted by molar-refractivity contribution is 0.609. The highest BCUT2D eigenvalue weighted by molar-refractivity contribution is 6.30. The summed E-state index contributed by atoms with van der Waals surface area (Å²) < 4.78 is 0. The van der Waals surface area contributed by atoms with Gasteiger partial charge in [-0.05, 0) is 31.2 Å². The number of nitrogens with two attached hydrogens (primary N) is 1. The number of nitrogens with one attached hydrogen (secondary N) is 2. The minimum absolute atomic E-state index is 0.353. The molecule has 0 fully saturated rings. The fourth-order valence-electron chi connectivity index (χ4n) is 1.63. The molecule has 0 radical (unpaired) electrons. The summed E-state index contributed by atoms with van der Waals surface area (Å²) in [5, 5.41) is 7.17. The van der Waals surface area contributed by atoms with E-state index in [4.69, 9.17) is 17.3 Å². The van der Waals surface area contributed by atoms with Crippen molar-refractivity contribution in [1.82, 2.24) is 5.32 Å². The maximum Gasteiger partial charge on any atom is 0.196 e. The summed E-state index contributed by atoms with van der Waals surface area (Å²) in [4.78, 5) is 4.36. The molecule has 0 saturated carbocycles. The van der Waals surface area contributed by atoms with Gasteiger partial charge in [-0.15, -0.1) is 0 Å². The van der Waals surface area contributed by atoms with Crippen LogP contribution in [-0.2, 0) is 0 Å². The molecule has 0 amide bonds. The van der Waals surface area contributed by atoms with E-state index in [9.17, 15) is 0 Å². The number of guanidine groups is 1. The van der Waals surface area contributed by atoms with E-state index in [1.165, 1.54) is 0 Å². The minimum Gasteiger partial charge on any atom is -0.351 e. The average Bonchev–Trinajstić information content (AvgIpc) is 2.66. The van der Waals surface area contributed by atoms with E-state index >= 15 is 0 Å². The molecule has 1 aromatic rings. The Kier molecular flexibility index (Phi) is 3.64. The van der Waals surface area contributed by atoms with Crippen LogP contribution in [0.3, 0.4) is 0 Å². The van der Waals surface area contributed by atoms with Crippen LogP contribution in [0, 0.1) is 0 Å². The van der Waals surface area contributed by atoms with Gasteiger partial charge < -0.3 is 16.4 Å². The molecule has 4 nitrogen and oxygen atoms in total. The molecule has 5 heteroatoms. The summed E-state index contributed by atoms with van der Waals surface area (Å²) in [6.07, 6.45) is 0.935. The van der Waals surface area contributed by atoms with Gasteiger partial charge in [-0.1, -0.05) is 17.7 Å². The number of aliphatic imine (C=N–C) groups is 1. The molecule has 0 bridgehead atoms. The first-order valence-electron chi connectivity index (χ1n) is 5.31. The first-order chi connectivity index (χ1) is 7.78. The van der Waals surface area contributed by atoms with Crippen molar-refractivity contribution in [2.45, 2.75) is 12.5 Å². The highest BCUT2D eigenvalue weighted by Gasteiger charge is 2.16. The Labute approximate surface area is 99.9 Å². The number of hydrogen-bond acceptors (Lipinski definition) is 4. The van der Waals surface area contributed by atoms with Crippen molar-refractivity contribution >= 4 is 23.2 Å².